The highest BCUT2D eigenvalue weighted by atomic mass is 32.2. The number of sulfonamides is 1. The summed E-state index contributed by atoms with van der Waals surface area (Å²) in [4.78, 5) is 10.9. The van der Waals surface area contributed by atoms with Gasteiger partial charge in [-0.15, -0.1) is 0 Å². The highest BCUT2D eigenvalue weighted by molar-refractivity contribution is 7.89. The summed E-state index contributed by atoms with van der Waals surface area (Å²) in [6.45, 7) is 1.68. The molecular formula is C13H15F2NO4S. The van der Waals surface area contributed by atoms with Gasteiger partial charge in [-0.1, -0.05) is 19.1 Å². The molecule has 0 spiro atoms. The zero-order valence-corrected chi connectivity index (χ0v) is 12.1. The quantitative estimate of drug-likeness (QED) is 0.920. The lowest BCUT2D eigenvalue weighted by Crippen LogP contribution is -2.30. The van der Waals surface area contributed by atoms with E-state index < -0.39 is 28.3 Å². The fourth-order valence-corrected chi connectivity index (χ4v) is 3.94. The third-order valence-electron chi connectivity index (χ3n) is 3.67. The molecule has 0 amide bonds. The van der Waals surface area contributed by atoms with E-state index in [0.717, 1.165) is 28.6 Å². The van der Waals surface area contributed by atoms with Crippen LogP contribution in [0.2, 0.25) is 0 Å². The maximum Gasteiger partial charge on any atom is 0.308 e. The number of benzene rings is 1. The van der Waals surface area contributed by atoms with E-state index in [1.165, 1.54) is 0 Å². The van der Waals surface area contributed by atoms with Crippen LogP contribution in [0.15, 0.2) is 29.2 Å². The number of carboxylic acid groups (broad SMARTS) is 1. The van der Waals surface area contributed by atoms with Gasteiger partial charge in [0.25, 0.3) is 6.43 Å². The molecule has 8 heteroatoms. The maximum atomic E-state index is 12.5. The molecule has 116 valence electrons. The van der Waals surface area contributed by atoms with Gasteiger partial charge in [-0.2, -0.15) is 4.31 Å². The van der Waals surface area contributed by atoms with Crippen molar-refractivity contribution in [3.8, 4) is 0 Å². The standard InChI is InChI=1S/C13H15F2NO4S/c1-8-6-16(7-11(8)13(17)18)21(19,20)10-4-2-9(3-5-10)12(14)15/h2-5,8,11-12H,6-7H2,1H3,(H,17,18)/t8-,11-/m1/s1. The Hall–Kier alpha value is -1.54. The van der Waals surface area contributed by atoms with Crippen molar-refractivity contribution in [3.05, 3.63) is 29.8 Å². The van der Waals surface area contributed by atoms with E-state index in [4.69, 9.17) is 5.11 Å². The Morgan fingerprint density at radius 3 is 2.29 bits per heavy atom. The molecule has 0 bridgehead atoms. The minimum atomic E-state index is -3.86. The lowest BCUT2D eigenvalue weighted by molar-refractivity contribution is -0.142. The Labute approximate surface area is 121 Å². The molecule has 0 radical (unpaired) electrons. The Morgan fingerprint density at radius 2 is 1.86 bits per heavy atom. The molecule has 1 fully saturated rings. The zero-order valence-electron chi connectivity index (χ0n) is 11.2. The topological polar surface area (TPSA) is 74.7 Å². The van der Waals surface area contributed by atoms with Crippen molar-refractivity contribution in [1.82, 2.24) is 4.31 Å². The summed E-state index contributed by atoms with van der Waals surface area (Å²) < 4.78 is 50.8. The van der Waals surface area contributed by atoms with E-state index >= 15 is 0 Å². The van der Waals surface area contributed by atoms with E-state index in [2.05, 4.69) is 0 Å². The molecule has 5 nitrogen and oxygen atoms in total. The summed E-state index contributed by atoms with van der Waals surface area (Å²) in [5.74, 6) is -2.08. The molecular weight excluding hydrogens is 304 g/mol. The molecule has 0 aromatic heterocycles. The normalized spacial score (nSPS) is 23.6. The first-order valence-corrected chi connectivity index (χ1v) is 7.78. The molecule has 1 heterocycles. The average molecular weight is 319 g/mol. The minimum Gasteiger partial charge on any atom is -0.481 e. The van der Waals surface area contributed by atoms with Crippen molar-refractivity contribution < 1.29 is 27.1 Å². The van der Waals surface area contributed by atoms with Gasteiger partial charge < -0.3 is 5.11 Å². The number of alkyl halides is 2. The number of halogens is 2. The third kappa shape index (κ3) is 3.06. The minimum absolute atomic E-state index is 0.102. The summed E-state index contributed by atoms with van der Waals surface area (Å²) in [7, 11) is -3.86. The first kappa shape index (κ1) is 15.8. The Morgan fingerprint density at radius 1 is 1.29 bits per heavy atom. The van der Waals surface area contributed by atoms with E-state index in [1.54, 1.807) is 6.92 Å². The summed E-state index contributed by atoms with van der Waals surface area (Å²) in [6.07, 6.45) is -2.66. The van der Waals surface area contributed by atoms with Crippen LogP contribution in [0.5, 0.6) is 0 Å². The van der Waals surface area contributed by atoms with Gasteiger partial charge in [0.15, 0.2) is 0 Å². The molecule has 1 saturated heterocycles. The van der Waals surface area contributed by atoms with Gasteiger partial charge >= 0.3 is 5.97 Å². The molecule has 1 N–H and O–H groups in total. The number of rotatable bonds is 4. The number of hydrogen-bond acceptors (Lipinski definition) is 3. The Kier molecular flexibility index (Phi) is 4.29. The highest BCUT2D eigenvalue weighted by Gasteiger charge is 2.40. The van der Waals surface area contributed by atoms with E-state index in [-0.39, 0.29) is 29.5 Å². The SMILES string of the molecule is C[C@@H]1CN(S(=O)(=O)c2ccc(C(F)F)cc2)C[C@H]1C(=O)O. The number of aliphatic carboxylic acids is 1. The van der Waals surface area contributed by atoms with Gasteiger partial charge in [-0.05, 0) is 18.1 Å². The number of hydrogen-bond donors (Lipinski definition) is 1. The van der Waals surface area contributed by atoms with Gasteiger partial charge in [0, 0.05) is 18.7 Å². The van der Waals surface area contributed by atoms with Crippen molar-refractivity contribution in [2.45, 2.75) is 18.2 Å². The second-order valence-electron chi connectivity index (χ2n) is 5.11. The van der Waals surface area contributed by atoms with Gasteiger partial charge in [-0.3, -0.25) is 4.79 Å². The van der Waals surface area contributed by atoms with E-state index in [9.17, 15) is 22.0 Å². The Balaban J connectivity index is 2.25. The number of carboxylic acids is 1. The fraction of sp³-hybridized carbons (Fsp3) is 0.462. The molecule has 1 aliphatic rings. The van der Waals surface area contributed by atoms with Crippen molar-refractivity contribution in [2.24, 2.45) is 11.8 Å². The molecule has 1 aromatic rings. The second kappa shape index (κ2) is 5.69. The van der Waals surface area contributed by atoms with Crippen molar-refractivity contribution >= 4 is 16.0 Å². The average Bonchev–Trinajstić information content (AvgIpc) is 2.82. The van der Waals surface area contributed by atoms with Crippen LogP contribution in [0.3, 0.4) is 0 Å². The van der Waals surface area contributed by atoms with E-state index in [0.29, 0.717) is 0 Å². The van der Waals surface area contributed by atoms with Crippen molar-refractivity contribution in [1.29, 1.82) is 0 Å². The summed E-state index contributed by atoms with van der Waals surface area (Å²) in [6, 6.07) is 4.36. The van der Waals surface area contributed by atoms with Gasteiger partial charge in [0.2, 0.25) is 10.0 Å². The maximum absolute atomic E-state index is 12.5. The third-order valence-corrected chi connectivity index (χ3v) is 5.51. The molecule has 0 aliphatic carbocycles. The summed E-state index contributed by atoms with van der Waals surface area (Å²) >= 11 is 0. The van der Waals surface area contributed by atoms with Crippen molar-refractivity contribution in [3.63, 3.8) is 0 Å². The van der Waals surface area contributed by atoms with Crippen LogP contribution < -0.4 is 0 Å². The lowest BCUT2D eigenvalue weighted by atomic mass is 9.99. The van der Waals surface area contributed by atoms with Crippen LogP contribution in [0, 0.1) is 11.8 Å². The number of carbonyl (C=O) groups is 1. The van der Waals surface area contributed by atoms with Gasteiger partial charge in [0.05, 0.1) is 10.8 Å². The molecule has 0 unspecified atom stereocenters. The Bertz CT molecular complexity index is 630. The molecule has 2 rings (SSSR count). The second-order valence-corrected chi connectivity index (χ2v) is 7.05. The van der Waals surface area contributed by atoms with Crippen molar-refractivity contribution in [2.75, 3.05) is 13.1 Å². The van der Waals surface area contributed by atoms with Crippen LogP contribution in [-0.2, 0) is 14.8 Å². The van der Waals surface area contributed by atoms with Crippen LogP contribution in [0.25, 0.3) is 0 Å². The smallest absolute Gasteiger partial charge is 0.308 e. The van der Waals surface area contributed by atoms with Crippen LogP contribution in [0.4, 0.5) is 8.78 Å². The molecule has 21 heavy (non-hydrogen) atoms. The van der Waals surface area contributed by atoms with E-state index in [1.807, 2.05) is 0 Å². The van der Waals surface area contributed by atoms with Crippen LogP contribution in [-0.4, -0.2) is 36.9 Å². The van der Waals surface area contributed by atoms with Crippen LogP contribution >= 0.6 is 0 Å². The van der Waals surface area contributed by atoms with Gasteiger partial charge in [0.1, 0.15) is 0 Å². The lowest BCUT2D eigenvalue weighted by Gasteiger charge is -2.16. The van der Waals surface area contributed by atoms with Gasteiger partial charge in [-0.25, -0.2) is 17.2 Å². The first-order chi connectivity index (χ1) is 9.73. The number of nitrogens with zero attached hydrogens (tertiary/aromatic N) is 1. The summed E-state index contributed by atoms with van der Waals surface area (Å²) in [5.41, 5.74) is -0.257. The van der Waals surface area contributed by atoms with Crippen LogP contribution in [0.1, 0.15) is 18.9 Å². The largest absolute Gasteiger partial charge is 0.481 e. The summed E-state index contributed by atoms with van der Waals surface area (Å²) in [5, 5.41) is 9.03. The predicted molar refractivity (Wildman–Crippen MR) is 70.4 cm³/mol. The predicted octanol–water partition coefficient (Wildman–Crippen LogP) is 1.97. The fourth-order valence-electron chi connectivity index (χ4n) is 2.37. The molecule has 1 aliphatic heterocycles. The first-order valence-electron chi connectivity index (χ1n) is 6.34. The molecule has 2 atom stereocenters. The molecule has 1 aromatic carbocycles. The highest BCUT2D eigenvalue weighted by Crippen LogP contribution is 2.29. The zero-order chi connectivity index (χ0) is 15.8. The molecule has 0 saturated carbocycles. The monoisotopic (exact) mass is 319 g/mol.